The van der Waals surface area contributed by atoms with Crippen LogP contribution in [0.5, 0.6) is 0 Å². The minimum absolute atomic E-state index is 0.200. The van der Waals surface area contributed by atoms with Crippen LogP contribution < -0.4 is 0 Å². The lowest BCUT2D eigenvalue weighted by molar-refractivity contribution is 0.0393. The Morgan fingerprint density at radius 3 is 2.50 bits per heavy atom. The Morgan fingerprint density at radius 1 is 1.12 bits per heavy atom. The van der Waals surface area contributed by atoms with E-state index in [9.17, 15) is 13.2 Å². The molecule has 2 aromatic rings. The predicted octanol–water partition coefficient (Wildman–Crippen LogP) is 2.58. The van der Waals surface area contributed by atoms with Crippen molar-refractivity contribution >= 4 is 16.3 Å². The van der Waals surface area contributed by atoms with Gasteiger partial charge in [0.05, 0.1) is 18.1 Å². The monoisotopic (exact) mass is 345 g/mol. The zero-order valence-corrected chi connectivity index (χ0v) is 14.2. The summed E-state index contributed by atoms with van der Waals surface area (Å²) in [6.07, 6.45) is 0.766. The summed E-state index contributed by atoms with van der Waals surface area (Å²) in [5, 5.41) is 0. The van der Waals surface area contributed by atoms with E-state index in [1.165, 1.54) is 4.31 Å². The molecule has 1 heterocycles. The van der Waals surface area contributed by atoms with E-state index in [4.69, 9.17) is 4.74 Å². The minimum Gasteiger partial charge on any atom is -0.378 e. The van der Waals surface area contributed by atoms with E-state index in [-0.39, 0.29) is 10.9 Å². The number of carbonyl (C=O) groups is 1. The van der Waals surface area contributed by atoms with E-state index in [0.717, 1.165) is 11.8 Å². The maximum atomic E-state index is 13.1. The smallest absolute Gasteiger partial charge is 0.244 e. The molecule has 0 N–H and O–H groups in total. The van der Waals surface area contributed by atoms with Crippen LogP contribution in [-0.4, -0.2) is 44.8 Å². The van der Waals surface area contributed by atoms with Crippen LogP contribution in [0.15, 0.2) is 53.4 Å². The Kier molecular flexibility index (Phi) is 4.80. The lowest BCUT2D eigenvalue weighted by atomic mass is 10.0. The molecule has 0 unspecified atom stereocenters. The third-order valence-electron chi connectivity index (χ3n) is 4.14. The number of nitrogens with zero attached hydrogens (tertiary/aromatic N) is 1. The van der Waals surface area contributed by atoms with Crippen molar-refractivity contribution in [3.05, 3.63) is 54.1 Å². The maximum absolute atomic E-state index is 13.1. The van der Waals surface area contributed by atoms with Crippen molar-refractivity contribution in [2.75, 3.05) is 19.8 Å². The Hall–Kier alpha value is -2.02. The van der Waals surface area contributed by atoms with Gasteiger partial charge in [0.15, 0.2) is 0 Å². The zero-order chi connectivity index (χ0) is 17.2. The summed E-state index contributed by atoms with van der Waals surface area (Å²) < 4.78 is 33.1. The molecule has 0 saturated carbocycles. The molecule has 6 heteroatoms. The van der Waals surface area contributed by atoms with Crippen LogP contribution in [0, 0.1) is 0 Å². The topological polar surface area (TPSA) is 63.7 Å². The van der Waals surface area contributed by atoms with Gasteiger partial charge in [0.25, 0.3) is 0 Å². The van der Waals surface area contributed by atoms with Gasteiger partial charge in [-0.05, 0) is 18.6 Å². The highest BCUT2D eigenvalue weighted by molar-refractivity contribution is 7.89. The predicted molar refractivity (Wildman–Crippen MR) is 91.4 cm³/mol. The van der Waals surface area contributed by atoms with Gasteiger partial charge in [0.1, 0.15) is 6.29 Å². The Morgan fingerprint density at radius 2 is 1.83 bits per heavy atom. The summed E-state index contributed by atoms with van der Waals surface area (Å²) in [4.78, 5) is 11.1. The van der Waals surface area contributed by atoms with Crippen molar-refractivity contribution in [1.82, 2.24) is 4.31 Å². The van der Waals surface area contributed by atoms with Gasteiger partial charge in [-0.15, -0.1) is 0 Å². The molecule has 0 radical (unpaired) electrons. The number of sulfonamides is 1. The molecule has 0 aliphatic carbocycles. The second kappa shape index (κ2) is 6.84. The van der Waals surface area contributed by atoms with Crippen molar-refractivity contribution < 1.29 is 17.9 Å². The number of hydrogen-bond donors (Lipinski definition) is 0. The fraction of sp³-hybridized carbons (Fsp3) is 0.278. The first-order chi connectivity index (χ1) is 11.5. The highest BCUT2D eigenvalue weighted by Gasteiger charge is 2.33. The van der Waals surface area contributed by atoms with Crippen LogP contribution in [-0.2, 0) is 14.8 Å². The van der Waals surface area contributed by atoms with Crippen LogP contribution in [0.2, 0.25) is 0 Å². The number of carbonyl (C=O) groups excluding carboxylic acids is 1. The van der Waals surface area contributed by atoms with E-state index < -0.39 is 10.0 Å². The summed E-state index contributed by atoms with van der Waals surface area (Å²) in [5.74, 6) is 0. The second-order valence-electron chi connectivity index (χ2n) is 5.78. The molecule has 0 amide bonds. The number of ether oxygens (including phenoxy) is 1. The van der Waals surface area contributed by atoms with Gasteiger partial charge in [-0.2, -0.15) is 4.31 Å². The molecular weight excluding hydrogens is 326 g/mol. The highest BCUT2D eigenvalue weighted by atomic mass is 32.2. The van der Waals surface area contributed by atoms with Crippen molar-refractivity contribution in [2.24, 2.45) is 0 Å². The van der Waals surface area contributed by atoms with E-state index in [1.807, 2.05) is 13.0 Å². The number of rotatable bonds is 4. The quantitative estimate of drug-likeness (QED) is 0.799. The zero-order valence-electron chi connectivity index (χ0n) is 13.4. The normalized spacial score (nSPS) is 19.1. The number of morpholine rings is 1. The third-order valence-corrected chi connectivity index (χ3v) is 6.21. The largest absolute Gasteiger partial charge is 0.378 e. The van der Waals surface area contributed by atoms with Gasteiger partial charge < -0.3 is 4.74 Å². The fourth-order valence-corrected chi connectivity index (χ4v) is 4.68. The molecule has 5 nitrogen and oxygen atoms in total. The number of benzene rings is 2. The first-order valence-electron chi connectivity index (χ1n) is 7.78. The molecule has 1 fully saturated rings. The van der Waals surface area contributed by atoms with E-state index in [1.54, 1.807) is 42.5 Å². The standard InChI is InChI=1S/C18H19NO4S/c1-14-13-23-11-10-19(14)24(21,22)18-5-3-2-4-17(18)16-8-6-15(12-20)7-9-16/h2-9,12,14H,10-11,13H2,1H3/t14-/m1/s1. The summed E-state index contributed by atoms with van der Waals surface area (Å²) in [6.45, 7) is 3.00. The molecule has 126 valence electrons. The lowest BCUT2D eigenvalue weighted by Gasteiger charge is -2.32. The first-order valence-corrected chi connectivity index (χ1v) is 9.22. The van der Waals surface area contributed by atoms with Crippen molar-refractivity contribution in [3.8, 4) is 11.1 Å². The van der Waals surface area contributed by atoms with Crippen molar-refractivity contribution in [3.63, 3.8) is 0 Å². The minimum atomic E-state index is -3.62. The van der Waals surface area contributed by atoms with Gasteiger partial charge in [0.2, 0.25) is 10.0 Å². The van der Waals surface area contributed by atoms with Crippen molar-refractivity contribution in [2.45, 2.75) is 17.9 Å². The first kappa shape index (κ1) is 16.8. The summed E-state index contributed by atoms with van der Waals surface area (Å²) in [7, 11) is -3.62. The average molecular weight is 345 g/mol. The molecule has 0 bridgehead atoms. The Balaban J connectivity index is 2.06. The Labute approximate surface area is 141 Å². The molecule has 2 aromatic carbocycles. The van der Waals surface area contributed by atoms with Gasteiger partial charge in [-0.25, -0.2) is 8.42 Å². The van der Waals surface area contributed by atoms with Crippen LogP contribution >= 0.6 is 0 Å². The maximum Gasteiger partial charge on any atom is 0.244 e. The SMILES string of the molecule is C[C@@H]1COCCN1S(=O)(=O)c1ccccc1-c1ccc(C=O)cc1. The molecule has 24 heavy (non-hydrogen) atoms. The second-order valence-corrected chi connectivity index (χ2v) is 7.63. The summed E-state index contributed by atoms with van der Waals surface area (Å²) in [6, 6.07) is 13.6. The van der Waals surface area contributed by atoms with E-state index in [2.05, 4.69) is 0 Å². The van der Waals surface area contributed by atoms with Crippen LogP contribution in [0.3, 0.4) is 0 Å². The molecule has 1 aliphatic rings. The molecule has 3 rings (SSSR count). The van der Waals surface area contributed by atoms with Crippen molar-refractivity contribution in [1.29, 1.82) is 0 Å². The molecule has 0 aromatic heterocycles. The van der Waals surface area contributed by atoms with E-state index in [0.29, 0.717) is 30.9 Å². The number of hydrogen-bond acceptors (Lipinski definition) is 4. The van der Waals surface area contributed by atoms with E-state index >= 15 is 0 Å². The van der Waals surface area contributed by atoms with Crippen LogP contribution in [0.1, 0.15) is 17.3 Å². The third kappa shape index (κ3) is 3.13. The molecule has 1 aliphatic heterocycles. The average Bonchev–Trinajstić information content (AvgIpc) is 2.62. The molecular formula is C18H19NO4S. The fourth-order valence-electron chi connectivity index (χ4n) is 2.87. The van der Waals surface area contributed by atoms with Gasteiger partial charge >= 0.3 is 0 Å². The Bertz CT molecular complexity index is 830. The van der Waals surface area contributed by atoms with Gasteiger partial charge in [-0.1, -0.05) is 42.5 Å². The number of aldehydes is 1. The summed E-state index contributed by atoms with van der Waals surface area (Å²) in [5.41, 5.74) is 1.95. The van der Waals surface area contributed by atoms with Crippen LogP contribution in [0.4, 0.5) is 0 Å². The molecule has 0 spiro atoms. The summed E-state index contributed by atoms with van der Waals surface area (Å²) >= 11 is 0. The molecule has 1 saturated heterocycles. The highest BCUT2D eigenvalue weighted by Crippen LogP contribution is 2.30. The van der Waals surface area contributed by atoms with Crippen LogP contribution in [0.25, 0.3) is 11.1 Å². The molecule has 1 atom stereocenters. The lowest BCUT2D eigenvalue weighted by Crippen LogP contribution is -2.47. The van der Waals surface area contributed by atoms with Gasteiger partial charge in [0, 0.05) is 23.7 Å². The van der Waals surface area contributed by atoms with Gasteiger partial charge in [-0.3, -0.25) is 4.79 Å².